The summed E-state index contributed by atoms with van der Waals surface area (Å²) >= 11 is 0. The molecule has 0 amide bonds. The minimum atomic E-state index is -4.24. The van der Waals surface area contributed by atoms with E-state index in [9.17, 15) is 13.2 Å². The number of halogens is 5. The predicted molar refractivity (Wildman–Crippen MR) is 72.0 cm³/mol. The largest absolute Gasteiger partial charge is 0.416 e. The van der Waals surface area contributed by atoms with Crippen molar-refractivity contribution in [1.29, 1.82) is 0 Å². The summed E-state index contributed by atoms with van der Waals surface area (Å²) in [5, 5.41) is 3.23. The lowest BCUT2D eigenvalue weighted by molar-refractivity contribution is -0.138. The monoisotopic (exact) mass is 314 g/mol. The molecule has 1 aromatic rings. The third-order valence-electron chi connectivity index (χ3n) is 3.59. The van der Waals surface area contributed by atoms with Crippen molar-refractivity contribution in [3.05, 3.63) is 34.9 Å². The van der Waals surface area contributed by atoms with Gasteiger partial charge in [-0.3, -0.25) is 4.90 Å². The summed E-state index contributed by atoms with van der Waals surface area (Å²) in [6.07, 6.45) is -4.24. The van der Waals surface area contributed by atoms with Crippen LogP contribution >= 0.6 is 24.8 Å². The summed E-state index contributed by atoms with van der Waals surface area (Å²) in [6.45, 7) is 2.84. The van der Waals surface area contributed by atoms with E-state index in [0.717, 1.165) is 25.2 Å². The lowest BCUT2D eigenvalue weighted by Crippen LogP contribution is -2.42. The molecular formula is C12H15Cl2F3N2. The van der Waals surface area contributed by atoms with E-state index in [2.05, 4.69) is 10.2 Å². The van der Waals surface area contributed by atoms with Gasteiger partial charge in [-0.1, -0.05) is 12.1 Å². The average molecular weight is 315 g/mol. The first-order valence-electron chi connectivity index (χ1n) is 5.71. The van der Waals surface area contributed by atoms with Crippen LogP contribution in [-0.2, 0) is 12.7 Å². The van der Waals surface area contributed by atoms with E-state index >= 15 is 0 Å². The van der Waals surface area contributed by atoms with Gasteiger partial charge >= 0.3 is 6.18 Å². The van der Waals surface area contributed by atoms with Crippen molar-refractivity contribution in [2.45, 2.75) is 18.8 Å². The molecule has 19 heavy (non-hydrogen) atoms. The Morgan fingerprint density at radius 2 is 1.95 bits per heavy atom. The molecule has 1 saturated heterocycles. The molecule has 0 radical (unpaired) electrons. The maximum atomic E-state index is 12.9. The second kappa shape index (κ2) is 5.87. The van der Waals surface area contributed by atoms with Gasteiger partial charge in [0.05, 0.1) is 5.56 Å². The van der Waals surface area contributed by atoms with Gasteiger partial charge in [-0.25, -0.2) is 0 Å². The fraction of sp³-hybridized carbons (Fsp3) is 0.500. The standard InChI is InChI=1S/C12H13F3N2.2ClH/c13-12(14,15)10-3-1-2-8-9(10)7-17-5-4-16-6-11(8)17;;/h1-3,11,16H,4-7H2;2*1H/t11-;;/m0../s1. The van der Waals surface area contributed by atoms with Crippen molar-refractivity contribution in [2.75, 3.05) is 19.6 Å². The van der Waals surface area contributed by atoms with Crippen LogP contribution in [0.3, 0.4) is 0 Å². The van der Waals surface area contributed by atoms with E-state index in [-0.39, 0.29) is 30.9 Å². The second-order valence-corrected chi connectivity index (χ2v) is 4.56. The number of nitrogens with zero attached hydrogens (tertiary/aromatic N) is 1. The number of hydrogen-bond acceptors (Lipinski definition) is 2. The van der Waals surface area contributed by atoms with Crippen LogP contribution in [0.5, 0.6) is 0 Å². The Balaban J connectivity index is 0.000000902. The third-order valence-corrected chi connectivity index (χ3v) is 3.59. The minimum Gasteiger partial charge on any atom is -0.314 e. The molecule has 108 valence electrons. The van der Waals surface area contributed by atoms with Crippen molar-refractivity contribution in [3.8, 4) is 0 Å². The number of rotatable bonds is 0. The molecule has 1 aromatic carbocycles. The van der Waals surface area contributed by atoms with E-state index in [1.165, 1.54) is 12.1 Å². The lowest BCUT2D eigenvalue weighted by atomic mass is 9.99. The van der Waals surface area contributed by atoms with Crippen molar-refractivity contribution >= 4 is 24.8 Å². The Hall–Kier alpha value is -0.490. The van der Waals surface area contributed by atoms with Crippen molar-refractivity contribution in [2.24, 2.45) is 0 Å². The van der Waals surface area contributed by atoms with Gasteiger partial charge < -0.3 is 5.32 Å². The number of fused-ring (bicyclic) bond motifs is 3. The molecule has 2 aliphatic heterocycles. The van der Waals surface area contributed by atoms with E-state index in [4.69, 9.17) is 0 Å². The van der Waals surface area contributed by atoms with Crippen molar-refractivity contribution < 1.29 is 13.2 Å². The molecule has 0 aromatic heterocycles. The van der Waals surface area contributed by atoms with Crippen LogP contribution in [-0.4, -0.2) is 24.5 Å². The Morgan fingerprint density at radius 1 is 1.21 bits per heavy atom. The number of piperazine rings is 1. The predicted octanol–water partition coefficient (Wildman–Crippen LogP) is 3.01. The summed E-state index contributed by atoms with van der Waals surface area (Å²) in [5.74, 6) is 0. The van der Waals surface area contributed by atoms with E-state index < -0.39 is 11.7 Å². The second-order valence-electron chi connectivity index (χ2n) is 4.56. The van der Waals surface area contributed by atoms with E-state index in [1.54, 1.807) is 0 Å². The Morgan fingerprint density at radius 3 is 2.63 bits per heavy atom. The van der Waals surface area contributed by atoms with Crippen LogP contribution in [0.4, 0.5) is 13.2 Å². The summed E-state index contributed by atoms with van der Waals surface area (Å²) in [7, 11) is 0. The van der Waals surface area contributed by atoms with E-state index in [0.29, 0.717) is 12.1 Å². The van der Waals surface area contributed by atoms with Crippen LogP contribution in [0.2, 0.25) is 0 Å². The van der Waals surface area contributed by atoms with Gasteiger partial charge in [0, 0.05) is 32.2 Å². The Labute approximate surface area is 122 Å². The quantitative estimate of drug-likeness (QED) is 0.792. The van der Waals surface area contributed by atoms with Gasteiger partial charge in [-0.15, -0.1) is 24.8 Å². The number of nitrogens with one attached hydrogen (secondary N) is 1. The zero-order valence-electron chi connectivity index (χ0n) is 10.0. The van der Waals surface area contributed by atoms with Gasteiger partial charge in [-0.05, 0) is 17.2 Å². The molecule has 2 nitrogen and oxygen atoms in total. The van der Waals surface area contributed by atoms with Crippen LogP contribution in [0.1, 0.15) is 22.7 Å². The highest BCUT2D eigenvalue weighted by Crippen LogP contribution is 2.41. The maximum absolute atomic E-state index is 12.9. The van der Waals surface area contributed by atoms with Gasteiger partial charge in [0.2, 0.25) is 0 Å². The SMILES string of the molecule is Cl.Cl.FC(F)(F)c1cccc2c1CN1CCNC[C@@H]21. The normalized spacial score (nSPS) is 21.9. The Bertz CT molecular complexity index is 451. The number of hydrogen-bond donors (Lipinski definition) is 1. The third kappa shape index (κ3) is 2.84. The highest BCUT2D eigenvalue weighted by molar-refractivity contribution is 5.85. The first kappa shape index (κ1) is 16.6. The van der Waals surface area contributed by atoms with Crippen LogP contribution in [0.25, 0.3) is 0 Å². The molecule has 0 spiro atoms. The summed E-state index contributed by atoms with van der Waals surface area (Å²) in [5.41, 5.74) is 0.838. The molecule has 2 heterocycles. The molecule has 1 atom stereocenters. The van der Waals surface area contributed by atoms with Crippen molar-refractivity contribution in [1.82, 2.24) is 10.2 Å². The van der Waals surface area contributed by atoms with Crippen LogP contribution in [0.15, 0.2) is 18.2 Å². The molecule has 0 saturated carbocycles. The lowest BCUT2D eigenvalue weighted by Gasteiger charge is -2.30. The molecule has 2 aliphatic rings. The van der Waals surface area contributed by atoms with Gasteiger partial charge in [-0.2, -0.15) is 13.2 Å². The highest BCUT2D eigenvalue weighted by atomic mass is 35.5. The fourth-order valence-corrected chi connectivity index (χ4v) is 2.80. The number of benzene rings is 1. The number of alkyl halides is 3. The minimum absolute atomic E-state index is 0. The zero-order chi connectivity index (χ0) is 12.0. The molecule has 0 aliphatic carbocycles. The molecule has 7 heteroatoms. The molecule has 0 bridgehead atoms. The summed E-state index contributed by atoms with van der Waals surface area (Å²) < 4.78 is 38.7. The average Bonchev–Trinajstić information content (AvgIpc) is 2.65. The van der Waals surface area contributed by atoms with Crippen LogP contribution in [0, 0.1) is 0 Å². The molecule has 3 rings (SSSR count). The maximum Gasteiger partial charge on any atom is 0.416 e. The fourth-order valence-electron chi connectivity index (χ4n) is 2.80. The molecular weight excluding hydrogens is 300 g/mol. The molecule has 0 unspecified atom stereocenters. The summed E-state index contributed by atoms with van der Waals surface area (Å²) in [4.78, 5) is 2.12. The van der Waals surface area contributed by atoms with Crippen molar-refractivity contribution in [3.63, 3.8) is 0 Å². The smallest absolute Gasteiger partial charge is 0.314 e. The molecule has 1 N–H and O–H groups in total. The van der Waals surface area contributed by atoms with Gasteiger partial charge in [0.1, 0.15) is 0 Å². The Kier molecular flexibility index (Phi) is 5.12. The highest BCUT2D eigenvalue weighted by Gasteiger charge is 2.40. The van der Waals surface area contributed by atoms with Gasteiger partial charge in [0.15, 0.2) is 0 Å². The first-order valence-corrected chi connectivity index (χ1v) is 5.71. The van der Waals surface area contributed by atoms with E-state index in [1.807, 2.05) is 6.07 Å². The first-order chi connectivity index (χ1) is 8.07. The molecule has 1 fully saturated rings. The topological polar surface area (TPSA) is 15.3 Å². The summed E-state index contributed by atoms with van der Waals surface area (Å²) in [6, 6.07) is 4.63. The van der Waals surface area contributed by atoms with Gasteiger partial charge in [0.25, 0.3) is 0 Å². The zero-order valence-corrected chi connectivity index (χ0v) is 11.7. The van der Waals surface area contributed by atoms with Crippen LogP contribution < -0.4 is 5.32 Å².